The van der Waals surface area contributed by atoms with Gasteiger partial charge in [-0.25, -0.2) is 0 Å². The zero-order valence-electron chi connectivity index (χ0n) is 10.4. The topological polar surface area (TPSA) is 92.9 Å². The van der Waals surface area contributed by atoms with Crippen molar-refractivity contribution in [1.29, 1.82) is 0 Å². The van der Waals surface area contributed by atoms with Crippen molar-refractivity contribution in [3.05, 3.63) is 0 Å². The molecule has 3 N–H and O–H groups in total. The molecular formula is C12H20N2O4. The van der Waals surface area contributed by atoms with Crippen LogP contribution in [-0.4, -0.2) is 53.2 Å². The van der Waals surface area contributed by atoms with E-state index in [9.17, 15) is 9.59 Å². The molecule has 0 spiro atoms. The number of amides is 1. The lowest BCUT2D eigenvalue weighted by molar-refractivity contribution is -0.145. The van der Waals surface area contributed by atoms with Crippen molar-refractivity contribution in [1.82, 2.24) is 4.90 Å². The molecule has 1 heterocycles. The van der Waals surface area contributed by atoms with Crippen LogP contribution in [0.5, 0.6) is 0 Å². The molecule has 6 heteroatoms. The lowest BCUT2D eigenvalue weighted by Gasteiger charge is -2.38. The van der Waals surface area contributed by atoms with Gasteiger partial charge in [-0.05, 0) is 25.7 Å². The summed E-state index contributed by atoms with van der Waals surface area (Å²) in [5.74, 6) is -1.05. The third kappa shape index (κ3) is 2.81. The first-order valence-electron chi connectivity index (χ1n) is 6.49. The molecule has 1 aliphatic heterocycles. The highest BCUT2D eigenvalue weighted by Crippen LogP contribution is 2.30. The van der Waals surface area contributed by atoms with Gasteiger partial charge in [0.1, 0.15) is 0 Å². The largest absolute Gasteiger partial charge is 0.481 e. The second-order valence-corrected chi connectivity index (χ2v) is 4.98. The first-order valence-corrected chi connectivity index (χ1v) is 6.49. The van der Waals surface area contributed by atoms with Crippen molar-refractivity contribution in [3.63, 3.8) is 0 Å². The van der Waals surface area contributed by atoms with Crippen LogP contribution in [0.2, 0.25) is 0 Å². The standard InChI is InChI=1S/C12H20N2O4/c13-8(4-5-11(15)16)12(17)14-6-7-18-10-3-1-2-9(10)14/h8-10H,1-7,13H2,(H,15,16). The maximum atomic E-state index is 12.2. The van der Waals surface area contributed by atoms with E-state index in [1.54, 1.807) is 4.90 Å². The number of morpholine rings is 1. The van der Waals surface area contributed by atoms with Gasteiger partial charge in [0.25, 0.3) is 0 Å². The number of rotatable bonds is 4. The molecule has 0 radical (unpaired) electrons. The van der Waals surface area contributed by atoms with Crippen molar-refractivity contribution in [2.24, 2.45) is 5.73 Å². The SMILES string of the molecule is NC(CCC(=O)O)C(=O)N1CCOC2CCCC21. The number of hydrogen-bond donors (Lipinski definition) is 2. The molecule has 2 rings (SSSR count). The van der Waals surface area contributed by atoms with Gasteiger partial charge in [-0.1, -0.05) is 0 Å². The van der Waals surface area contributed by atoms with E-state index in [0.717, 1.165) is 19.3 Å². The molecule has 102 valence electrons. The predicted octanol–water partition coefficient (Wildman–Crippen LogP) is -0.0416. The number of ether oxygens (including phenoxy) is 1. The molecular weight excluding hydrogens is 236 g/mol. The lowest BCUT2D eigenvalue weighted by atomic mass is 10.1. The van der Waals surface area contributed by atoms with Crippen LogP contribution in [0, 0.1) is 0 Å². The van der Waals surface area contributed by atoms with E-state index in [1.807, 2.05) is 0 Å². The van der Waals surface area contributed by atoms with E-state index in [4.69, 9.17) is 15.6 Å². The Morgan fingerprint density at radius 3 is 2.94 bits per heavy atom. The zero-order chi connectivity index (χ0) is 13.1. The third-order valence-electron chi connectivity index (χ3n) is 3.75. The number of aliphatic carboxylic acids is 1. The summed E-state index contributed by atoms with van der Waals surface area (Å²) in [6, 6.07) is -0.567. The van der Waals surface area contributed by atoms with Gasteiger partial charge in [-0.2, -0.15) is 0 Å². The van der Waals surface area contributed by atoms with Gasteiger partial charge in [0.15, 0.2) is 0 Å². The first kappa shape index (κ1) is 13.3. The summed E-state index contributed by atoms with van der Waals surface area (Å²) in [5.41, 5.74) is 5.78. The molecule has 6 nitrogen and oxygen atoms in total. The minimum absolute atomic E-state index is 0.0641. The normalized spacial score (nSPS) is 28.8. The number of carbonyl (C=O) groups excluding carboxylic acids is 1. The minimum Gasteiger partial charge on any atom is -0.481 e. The molecule has 1 aliphatic carbocycles. The van der Waals surface area contributed by atoms with Gasteiger partial charge in [-0.15, -0.1) is 0 Å². The monoisotopic (exact) mass is 256 g/mol. The number of carbonyl (C=O) groups is 2. The summed E-state index contributed by atoms with van der Waals surface area (Å²) in [7, 11) is 0. The Kier molecular flexibility index (Phi) is 4.19. The summed E-state index contributed by atoms with van der Waals surface area (Å²) in [6.45, 7) is 1.12. The van der Waals surface area contributed by atoms with E-state index in [0.29, 0.717) is 13.2 Å². The molecule has 3 atom stereocenters. The van der Waals surface area contributed by atoms with Crippen molar-refractivity contribution in [3.8, 4) is 0 Å². The highest BCUT2D eigenvalue weighted by Gasteiger charge is 2.39. The second kappa shape index (κ2) is 5.67. The predicted molar refractivity (Wildman–Crippen MR) is 63.9 cm³/mol. The number of nitrogens with zero attached hydrogens (tertiary/aromatic N) is 1. The Balaban J connectivity index is 1.92. The molecule has 0 aromatic heterocycles. The smallest absolute Gasteiger partial charge is 0.303 e. The number of fused-ring (bicyclic) bond motifs is 1. The molecule has 3 unspecified atom stereocenters. The number of carboxylic acids is 1. The van der Waals surface area contributed by atoms with Crippen molar-refractivity contribution < 1.29 is 19.4 Å². The van der Waals surface area contributed by atoms with Gasteiger partial charge in [0, 0.05) is 13.0 Å². The van der Waals surface area contributed by atoms with Crippen LogP contribution in [-0.2, 0) is 14.3 Å². The van der Waals surface area contributed by atoms with Crippen LogP contribution >= 0.6 is 0 Å². The van der Waals surface area contributed by atoms with Gasteiger partial charge < -0.3 is 20.5 Å². The van der Waals surface area contributed by atoms with Crippen LogP contribution in [0.3, 0.4) is 0 Å². The summed E-state index contributed by atoms with van der Waals surface area (Å²) >= 11 is 0. The van der Waals surface area contributed by atoms with Gasteiger partial charge in [-0.3, -0.25) is 9.59 Å². The highest BCUT2D eigenvalue weighted by atomic mass is 16.5. The molecule has 0 aromatic rings. The Labute approximate surface area is 106 Å². The van der Waals surface area contributed by atoms with Gasteiger partial charge >= 0.3 is 5.97 Å². The maximum absolute atomic E-state index is 12.2. The van der Waals surface area contributed by atoms with Crippen molar-refractivity contribution in [2.75, 3.05) is 13.2 Å². The van der Waals surface area contributed by atoms with Crippen LogP contribution in [0.1, 0.15) is 32.1 Å². The number of hydrogen-bond acceptors (Lipinski definition) is 4. The average Bonchev–Trinajstić information content (AvgIpc) is 2.82. The fourth-order valence-electron chi connectivity index (χ4n) is 2.81. The Hall–Kier alpha value is -1.14. The van der Waals surface area contributed by atoms with Crippen LogP contribution < -0.4 is 5.73 Å². The van der Waals surface area contributed by atoms with E-state index in [1.165, 1.54) is 0 Å². The van der Waals surface area contributed by atoms with E-state index < -0.39 is 12.0 Å². The molecule has 18 heavy (non-hydrogen) atoms. The fourth-order valence-corrected chi connectivity index (χ4v) is 2.81. The minimum atomic E-state index is -0.918. The summed E-state index contributed by atoms with van der Waals surface area (Å²) < 4.78 is 5.63. The van der Waals surface area contributed by atoms with Gasteiger partial charge in [0.05, 0.1) is 24.8 Å². The summed E-state index contributed by atoms with van der Waals surface area (Å²) in [5, 5.41) is 8.60. The van der Waals surface area contributed by atoms with Gasteiger partial charge in [0.2, 0.25) is 5.91 Å². The van der Waals surface area contributed by atoms with Crippen LogP contribution in [0.25, 0.3) is 0 Å². The van der Waals surface area contributed by atoms with Crippen LogP contribution in [0.4, 0.5) is 0 Å². The van der Waals surface area contributed by atoms with E-state index in [2.05, 4.69) is 0 Å². The fraction of sp³-hybridized carbons (Fsp3) is 0.833. The maximum Gasteiger partial charge on any atom is 0.303 e. The number of carboxylic acid groups (broad SMARTS) is 1. The summed E-state index contributed by atoms with van der Waals surface area (Å²) in [4.78, 5) is 24.5. The molecule has 1 amide bonds. The highest BCUT2D eigenvalue weighted by molar-refractivity contribution is 5.82. The van der Waals surface area contributed by atoms with E-state index in [-0.39, 0.29) is 30.9 Å². The molecule has 2 aliphatic rings. The quantitative estimate of drug-likeness (QED) is 0.736. The van der Waals surface area contributed by atoms with Crippen molar-refractivity contribution >= 4 is 11.9 Å². The molecule has 2 fully saturated rings. The van der Waals surface area contributed by atoms with Crippen molar-refractivity contribution in [2.45, 2.75) is 50.3 Å². The average molecular weight is 256 g/mol. The molecule has 0 bridgehead atoms. The lowest BCUT2D eigenvalue weighted by Crippen LogP contribution is -2.55. The zero-order valence-corrected chi connectivity index (χ0v) is 10.4. The first-order chi connectivity index (χ1) is 8.59. The molecule has 1 saturated heterocycles. The summed E-state index contributed by atoms with van der Waals surface area (Å²) in [6.07, 6.45) is 3.31. The molecule has 0 aromatic carbocycles. The second-order valence-electron chi connectivity index (χ2n) is 4.98. The molecule has 1 saturated carbocycles. The Morgan fingerprint density at radius 2 is 2.22 bits per heavy atom. The number of nitrogens with two attached hydrogens (primary N) is 1. The Bertz CT molecular complexity index is 334. The Morgan fingerprint density at radius 1 is 1.44 bits per heavy atom. The van der Waals surface area contributed by atoms with E-state index >= 15 is 0 Å². The van der Waals surface area contributed by atoms with Crippen LogP contribution in [0.15, 0.2) is 0 Å². The third-order valence-corrected chi connectivity index (χ3v) is 3.75.